The second-order valence-electron chi connectivity index (χ2n) is 6.51. The van der Waals surface area contributed by atoms with Crippen LogP contribution < -0.4 is 5.73 Å². The number of rotatable bonds is 2. The molecule has 2 unspecified atom stereocenters. The Morgan fingerprint density at radius 1 is 1.04 bits per heavy atom. The topological polar surface area (TPSA) is 66.6 Å². The summed E-state index contributed by atoms with van der Waals surface area (Å²) in [5.74, 6) is -1.96. The lowest BCUT2D eigenvalue weighted by atomic mass is 10.1. The van der Waals surface area contributed by atoms with E-state index in [2.05, 4.69) is 0 Å². The molecular formula is C17H22ClF2N3O2. The molecule has 0 aromatic heterocycles. The summed E-state index contributed by atoms with van der Waals surface area (Å²) < 4.78 is 26.7. The lowest BCUT2D eigenvalue weighted by molar-refractivity contribution is -0.136. The molecule has 5 nitrogen and oxygen atoms in total. The molecule has 0 spiro atoms. The quantitative estimate of drug-likeness (QED) is 0.859. The zero-order valence-electron chi connectivity index (χ0n) is 13.8. The molecule has 8 heteroatoms. The molecule has 25 heavy (non-hydrogen) atoms. The fourth-order valence-electron chi connectivity index (χ4n) is 3.46. The Labute approximate surface area is 151 Å². The summed E-state index contributed by atoms with van der Waals surface area (Å²) in [6, 6.07) is 3.03. The summed E-state index contributed by atoms with van der Waals surface area (Å²) in [6.45, 7) is 1.55. The van der Waals surface area contributed by atoms with Gasteiger partial charge < -0.3 is 15.5 Å². The molecule has 3 rings (SSSR count). The van der Waals surface area contributed by atoms with Crippen LogP contribution in [0.5, 0.6) is 0 Å². The lowest BCUT2D eigenvalue weighted by Gasteiger charge is -2.36. The smallest absolute Gasteiger partial charge is 0.256 e. The number of amides is 2. The molecule has 1 saturated heterocycles. The average molecular weight is 374 g/mol. The predicted molar refractivity (Wildman–Crippen MR) is 91.4 cm³/mol. The minimum absolute atomic E-state index is 0. The summed E-state index contributed by atoms with van der Waals surface area (Å²) in [5, 5.41) is 0. The predicted octanol–water partition coefficient (Wildman–Crippen LogP) is 1.80. The van der Waals surface area contributed by atoms with Crippen LogP contribution in [0.15, 0.2) is 18.2 Å². The van der Waals surface area contributed by atoms with Crippen molar-refractivity contribution in [3.8, 4) is 0 Å². The van der Waals surface area contributed by atoms with Gasteiger partial charge >= 0.3 is 0 Å². The van der Waals surface area contributed by atoms with E-state index in [4.69, 9.17) is 5.73 Å². The largest absolute Gasteiger partial charge is 0.339 e. The van der Waals surface area contributed by atoms with Crippen LogP contribution in [0.4, 0.5) is 8.78 Å². The summed E-state index contributed by atoms with van der Waals surface area (Å²) >= 11 is 0. The van der Waals surface area contributed by atoms with Crippen molar-refractivity contribution in [1.82, 2.24) is 9.80 Å². The number of hydrogen-bond acceptors (Lipinski definition) is 3. The van der Waals surface area contributed by atoms with Gasteiger partial charge in [-0.15, -0.1) is 12.4 Å². The van der Waals surface area contributed by atoms with Gasteiger partial charge in [0.25, 0.3) is 5.91 Å². The molecule has 2 atom stereocenters. The minimum atomic E-state index is -0.863. The van der Waals surface area contributed by atoms with Crippen LogP contribution in [0.2, 0.25) is 0 Å². The highest BCUT2D eigenvalue weighted by Crippen LogP contribution is 2.26. The molecule has 0 radical (unpaired) electrons. The lowest BCUT2D eigenvalue weighted by Crippen LogP contribution is -2.52. The fourth-order valence-corrected chi connectivity index (χ4v) is 3.46. The molecule has 2 aliphatic rings. The van der Waals surface area contributed by atoms with Crippen LogP contribution in [0.25, 0.3) is 0 Å². The third kappa shape index (κ3) is 4.27. The maximum Gasteiger partial charge on any atom is 0.256 e. The fraction of sp³-hybridized carbons (Fsp3) is 0.529. The average Bonchev–Trinajstić information content (AvgIpc) is 3.00. The van der Waals surface area contributed by atoms with Gasteiger partial charge in [-0.05, 0) is 31.4 Å². The summed E-state index contributed by atoms with van der Waals surface area (Å²) in [4.78, 5) is 28.1. The molecule has 138 valence electrons. The molecule has 1 aliphatic heterocycles. The first-order valence-electron chi connectivity index (χ1n) is 8.24. The second-order valence-corrected chi connectivity index (χ2v) is 6.51. The van der Waals surface area contributed by atoms with Crippen molar-refractivity contribution in [3.05, 3.63) is 35.4 Å². The Hall–Kier alpha value is -1.73. The van der Waals surface area contributed by atoms with Crippen molar-refractivity contribution in [3.63, 3.8) is 0 Å². The zero-order chi connectivity index (χ0) is 17.3. The first-order valence-corrected chi connectivity index (χ1v) is 8.24. The highest BCUT2D eigenvalue weighted by molar-refractivity contribution is 5.94. The van der Waals surface area contributed by atoms with E-state index in [9.17, 15) is 18.4 Å². The van der Waals surface area contributed by atoms with E-state index in [-0.39, 0.29) is 35.8 Å². The molecule has 2 fully saturated rings. The Balaban J connectivity index is 0.00000225. The Kier molecular flexibility index (Phi) is 6.35. The van der Waals surface area contributed by atoms with Gasteiger partial charge in [-0.25, -0.2) is 8.78 Å². The number of carbonyl (C=O) groups excluding carboxylic acids is 2. The molecule has 1 aromatic rings. The van der Waals surface area contributed by atoms with E-state index in [1.807, 2.05) is 0 Å². The summed E-state index contributed by atoms with van der Waals surface area (Å²) in [7, 11) is 0. The van der Waals surface area contributed by atoms with Crippen molar-refractivity contribution in [1.29, 1.82) is 0 Å². The van der Waals surface area contributed by atoms with E-state index >= 15 is 0 Å². The highest BCUT2D eigenvalue weighted by Gasteiger charge is 2.33. The molecule has 2 amide bonds. The maximum absolute atomic E-state index is 13.7. The molecule has 1 heterocycles. The third-order valence-corrected chi connectivity index (χ3v) is 4.86. The van der Waals surface area contributed by atoms with Crippen molar-refractivity contribution in [2.24, 2.45) is 11.7 Å². The van der Waals surface area contributed by atoms with Gasteiger partial charge in [0.15, 0.2) is 0 Å². The minimum Gasteiger partial charge on any atom is -0.339 e. The van der Waals surface area contributed by atoms with Crippen LogP contribution in [0.1, 0.15) is 29.6 Å². The number of benzene rings is 1. The van der Waals surface area contributed by atoms with Crippen LogP contribution >= 0.6 is 12.4 Å². The number of hydrogen-bond donors (Lipinski definition) is 1. The van der Waals surface area contributed by atoms with Gasteiger partial charge in [0.2, 0.25) is 5.91 Å². The van der Waals surface area contributed by atoms with E-state index in [0.29, 0.717) is 32.2 Å². The normalized spacial score (nSPS) is 23.3. The Morgan fingerprint density at radius 2 is 1.68 bits per heavy atom. The molecule has 0 bridgehead atoms. The van der Waals surface area contributed by atoms with Crippen molar-refractivity contribution in [2.75, 3.05) is 26.2 Å². The zero-order valence-corrected chi connectivity index (χ0v) is 14.6. The van der Waals surface area contributed by atoms with Gasteiger partial charge in [0.05, 0.1) is 5.56 Å². The number of nitrogens with zero attached hydrogens (tertiary/aromatic N) is 2. The SMILES string of the molecule is Cl.NC1CCC(C(=O)N2CCN(C(=O)c3ccc(F)cc3F)CC2)C1. The molecule has 2 N–H and O–H groups in total. The third-order valence-electron chi connectivity index (χ3n) is 4.86. The van der Waals surface area contributed by atoms with Crippen molar-refractivity contribution >= 4 is 24.2 Å². The van der Waals surface area contributed by atoms with Crippen LogP contribution in [-0.4, -0.2) is 53.8 Å². The molecule has 1 saturated carbocycles. The van der Waals surface area contributed by atoms with Crippen molar-refractivity contribution < 1.29 is 18.4 Å². The number of halogens is 3. The molecule has 1 aromatic carbocycles. The van der Waals surface area contributed by atoms with Gasteiger partial charge in [-0.3, -0.25) is 9.59 Å². The van der Waals surface area contributed by atoms with Gasteiger partial charge in [0, 0.05) is 44.2 Å². The van der Waals surface area contributed by atoms with Gasteiger partial charge in [-0.1, -0.05) is 0 Å². The maximum atomic E-state index is 13.7. The monoisotopic (exact) mass is 373 g/mol. The summed E-state index contributed by atoms with van der Waals surface area (Å²) in [6.07, 6.45) is 2.41. The standard InChI is InChI=1S/C17H21F2N3O2.ClH/c18-12-2-4-14(15(19)10-12)17(24)22-7-5-21(6-8-22)16(23)11-1-3-13(20)9-11;/h2,4,10-11,13H,1,3,5-9,20H2;1H. The molecular weight excluding hydrogens is 352 g/mol. The van der Waals surface area contributed by atoms with E-state index in [1.165, 1.54) is 4.90 Å². The van der Waals surface area contributed by atoms with Crippen LogP contribution in [-0.2, 0) is 4.79 Å². The first kappa shape index (κ1) is 19.6. The molecule has 1 aliphatic carbocycles. The van der Waals surface area contributed by atoms with E-state index < -0.39 is 17.5 Å². The second kappa shape index (κ2) is 8.10. The van der Waals surface area contributed by atoms with Crippen LogP contribution in [0, 0.1) is 17.6 Å². The first-order chi connectivity index (χ1) is 11.5. The van der Waals surface area contributed by atoms with Crippen molar-refractivity contribution in [2.45, 2.75) is 25.3 Å². The van der Waals surface area contributed by atoms with Gasteiger partial charge in [-0.2, -0.15) is 0 Å². The number of piperazine rings is 1. The van der Waals surface area contributed by atoms with Crippen LogP contribution in [0.3, 0.4) is 0 Å². The van der Waals surface area contributed by atoms with Gasteiger partial charge in [0.1, 0.15) is 11.6 Å². The van der Waals surface area contributed by atoms with E-state index in [1.54, 1.807) is 4.90 Å². The van der Waals surface area contributed by atoms with E-state index in [0.717, 1.165) is 31.4 Å². The Morgan fingerprint density at radius 3 is 2.24 bits per heavy atom. The number of carbonyl (C=O) groups is 2. The number of nitrogens with two attached hydrogens (primary N) is 1. The highest BCUT2D eigenvalue weighted by atomic mass is 35.5. The Bertz CT molecular complexity index is 651. The summed E-state index contributed by atoms with van der Waals surface area (Å²) in [5.41, 5.74) is 5.72.